The van der Waals surface area contributed by atoms with Crippen LogP contribution in [0.5, 0.6) is 5.19 Å². The van der Waals surface area contributed by atoms with E-state index in [1.165, 1.54) is 11.3 Å². The van der Waals surface area contributed by atoms with Crippen LogP contribution in [-0.4, -0.2) is 59.3 Å². The lowest BCUT2D eigenvalue weighted by atomic mass is 9.90. The maximum absolute atomic E-state index is 14.5. The zero-order valence-corrected chi connectivity index (χ0v) is 29.9. The van der Waals surface area contributed by atoms with Crippen LogP contribution in [0.25, 0.3) is 10.2 Å². The number of fused-ring (bicyclic) bond motifs is 3. The molecule has 3 aromatic rings. The predicted molar refractivity (Wildman–Crippen MR) is 190 cm³/mol. The second-order valence-corrected chi connectivity index (χ2v) is 18.1. The van der Waals surface area contributed by atoms with Gasteiger partial charge >= 0.3 is 0 Å². The summed E-state index contributed by atoms with van der Waals surface area (Å²) in [6.07, 6.45) is 10.1. The maximum Gasteiger partial charge on any atom is 0.274 e. The zero-order chi connectivity index (χ0) is 34.4. The summed E-state index contributed by atoms with van der Waals surface area (Å²) in [5.41, 5.74) is 1.88. The molecule has 260 valence electrons. The van der Waals surface area contributed by atoms with Gasteiger partial charge in [-0.1, -0.05) is 72.7 Å². The lowest BCUT2D eigenvalue weighted by Crippen LogP contribution is -2.47. The molecule has 2 aliphatic carbocycles. The third-order valence-electron chi connectivity index (χ3n) is 11.1. The van der Waals surface area contributed by atoms with Gasteiger partial charge in [0.15, 0.2) is 5.78 Å². The Hall–Kier alpha value is -3.57. The van der Waals surface area contributed by atoms with Crippen molar-refractivity contribution in [1.29, 1.82) is 0 Å². The van der Waals surface area contributed by atoms with E-state index in [1.54, 1.807) is 11.8 Å². The van der Waals surface area contributed by atoms with Crippen LogP contribution in [0, 0.1) is 24.2 Å². The van der Waals surface area contributed by atoms with E-state index < -0.39 is 38.2 Å². The molecule has 49 heavy (non-hydrogen) atoms. The molecule has 4 aliphatic rings. The number of allylic oxidation sites excluding steroid dienone is 2. The van der Waals surface area contributed by atoms with Crippen LogP contribution in [0.3, 0.4) is 0 Å². The predicted octanol–water partition coefficient (Wildman–Crippen LogP) is 6.30. The van der Waals surface area contributed by atoms with E-state index in [0.29, 0.717) is 37.3 Å². The molecule has 3 heterocycles. The minimum Gasteiger partial charge on any atom is -0.465 e. The number of amides is 2. The van der Waals surface area contributed by atoms with E-state index in [0.717, 1.165) is 47.0 Å². The molecule has 1 aromatic heterocycles. The number of carbonyl (C=O) groups is 3. The number of carbonyl (C=O) groups excluding carboxylic acids is 3. The fourth-order valence-corrected chi connectivity index (χ4v) is 9.83. The summed E-state index contributed by atoms with van der Waals surface area (Å²) < 4.78 is 35.1. The van der Waals surface area contributed by atoms with E-state index >= 15 is 0 Å². The molecule has 11 heteroatoms. The zero-order valence-electron chi connectivity index (χ0n) is 28.2. The lowest BCUT2D eigenvalue weighted by Gasteiger charge is -2.29. The monoisotopic (exact) mass is 703 g/mol. The Morgan fingerprint density at radius 2 is 1.90 bits per heavy atom. The molecule has 2 saturated carbocycles. The first-order valence-electron chi connectivity index (χ1n) is 17.6. The van der Waals surface area contributed by atoms with Crippen molar-refractivity contribution >= 4 is 49.2 Å². The number of benzene rings is 2. The number of hydrogen-bond acceptors (Lipinski definition) is 8. The number of sulfonamides is 1. The Kier molecular flexibility index (Phi) is 9.19. The molecule has 2 aromatic carbocycles. The van der Waals surface area contributed by atoms with Crippen LogP contribution < -0.4 is 9.46 Å². The molecule has 2 aliphatic heterocycles. The average molecular weight is 704 g/mol. The van der Waals surface area contributed by atoms with Crippen molar-refractivity contribution in [2.45, 2.75) is 101 Å². The smallest absolute Gasteiger partial charge is 0.274 e. The van der Waals surface area contributed by atoms with Gasteiger partial charge in [-0.2, -0.15) is 0 Å². The summed E-state index contributed by atoms with van der Waals surface area (Å²) in [6, 6.07) is 15.2. The van der Waals surface area contributed by atoms with Crippen molar-refractivity contribution in [2.24, 2.45) is 17.3 Å². The molecule has 1 saturated heterocycles. The van der Waals surface area contributed by atoms with Crippen molar-refractivity contribution < 1.29 is 27.5 Å². The van der Waals surface area contributed by atoms with Crippen LogP contribution in [0.4, 0.5) is 0 Å². The van der Waals surface area contributed by atoms with Crippen molar-refractivity contribution in [2.75, 3.05) is 6.54 Å². The van der Waals surface area contributed by atoms with E-state index in [-0.39, 0.29) is 42.9 Å². The molecule has 1 N–H and O–H groups in total. The molecular weight excluding hydrogens is 659 g/mol. The number of nitrogens with zero attached hydrogens (tertiary/aromatic N) is 2. The van der Waals surface area contributed by atoms with Gasteiger partial charge in [-0.25, -0.2) is 13.4 Å². The number of rotatable bonds is 7. The van der Waals surface area contributed by atoms with Gasteiger partial charge in [-0.15, -0.1) is 0 Å². The first-order valence-corrected chi connectivity index (χ1v) is 19.9. The van der Waals surface area contributed by atoms with Gasteiger partial charge in [0, 0.05) is 18.8 Å². The molecular formula is C38H45N3O6S2. The summed E-state index contributed by atoms with van der Waals surface area (Å²) in [4.78, 5) is 49.2. The molecule has 0 unspecified atom stereocenters. The molecule has 0 spiro atoms. The highest BCUT2D eigenvalue weighted by Crippen LogP contribution is 2.57. The average Bonchev–Trinajstić information content (AvgIpc) is 3.88. The third kappa shape index (κ3) is 7.06. The van der Waals surface area contributed by atoms with Crippen LogP contribution >= 0.6 is 11.3 Å². The fourth-order valence-electron chi connectivity index (χ4n) is 7.52. The number of hydrogen-bond donors (Lipinski definition) is 1. The van der Waals surface area contributed by atoms with Crippen molar-refractivity contribution in [3.8, 4) is 5.19 Å². The number of Topliss-reactive ketones (excluding diaryl/α,β-unsaturated/α-hetero) is 1. The highest BCUT2D eigenvalue weighted by molar-refractivity contribution is 7.91. The quantitative estimate of drug-likeness (QED) is 0.287. The van der Waals surface area contributed by atoms with Gasteiger partial charge in [-0.3, -0.25) is 19.1 Å². The summed E-state index contributed by atoms with van der Waals surface area (Å²) in [5, 5.41) is 0.496. The minimum absolute atomic E-state index is 0.0729. The number of aromatic nitrogens is 1. The van der Waals surface area contributed by atoms with Crippen LogP contribution in [0.15, 0.2) is 60.7 Å². The topological polar surface area (TPSA) is 123 Å². The van der Waals surface area contributed by atoms with Crippen molar-refractivity contribution in [3.63, 3.8) is 0 Å². The van der Waals surface area contributed by atoms with Crippen LogP contribution in [0.2, 0.25) is 0 Å². The summed E-state index contributed by atoms with van der Waals surface area (Å²) in [6.45, 7) is 3.91. The van der Waals surface area contributed by atoms with Gasteiger partial charge in [0.25, 0.3) is 5.19 Å². The second kappa shape index (κ2) is 13.3. The Bertz CT molecular complexity index is 1880. The highest BCUT2D eigenvalue weighted by atomic mass is 32.2. The number of thiazole rings is 1. The van der Waals surface area contributed by atoms with Crippen molar-refractivity contribution in [3.05, 3.63) is 71.8 Å². The van der Waals surface area contributed by atoms with E-state index in [4.69, 9.17) is 4.74 Å². The summed E-state index contributed by atoms with van der Waals surface area (Å²) in [7, 11) is -3.88. The SMILES string of the molecule is Cc1ccc2nc(O[C@@H]3C[C@H]4C(=O)C[C@]5(C(=O)NS(=O)(=O)C6(C)CC6)C[C@@H]5/C=C\CCCCC[C@H](Cc5ccccc5)C(=O)N4C3)sc2c1. The normalized spacial score (nSPS) is 29.3. The number of nitrogens with one attached hydrogen (secondary N) is 1. The Labute approximate surface area is 292 Å². The Morgan fingerprint density at radius 3 is 2.67 bits per heavy atom. The van der Waals surface area contributed by atoms with Crippen molar-refractivity contribution in [1.82, 2.24) is 14.6 Å². The second-order valence-electron chi connectivity index (χ2n) is 14.9. The number of ether oxygens (including phenoxy) is 1. The van der Waals surface area contributed by atoms with Gasteiger partial charge < -0.3 is 9.64 Å². The summed E-state index contributed by atoms with van der Waals surface area (Å²) in [5.74, 6) is -1.45. The Morgan fingerprint density at radius 1 is 1.10 bits per heavy atom. The van der Waals surface area contributed by atoms with Gasteiger partial charge in [-0.05, 0) is 88.0 Å². The highest BCUT2D eigenvalue weighted by Gasteiger charge is 2.62. The largest absolute Gasteiger partial charge is 0.465 e. The number of aryl methyl sites for hydroxylation is 1. The molecule has 3 fully saturated rings. The molecule has 9 nitrogen and oxygen atoms in total. The lowest BCUT2D eigenvalue weighted by molar-refractivity contribution is -0.142. The number of ketones is 1. The van der Waals surface area contributed by atoms with Gasteiger partial charge in [0.05, 0.1) is 33.0 Å². The fraction of sp³-hybridized carbons (Fsp3) is 0.526. The van der Waals surface area contributed by atoms with Crippen LogP contribution in [0.1, 0.15) is 82.3 Å². The molecule has 0 radical (unpaired) electrons. The third-order valence-corrected chi connectivity index (χ3v) is 14.1. The van der Waals surface area contributed by atoms with E-state index in [1.807, 2.05) is 55.5 Å². The minimum atomic E-state index is -3.88. The molecule has 5 atom stereocenters. The summed E-state index contributed by atoms with van der Waals surface area (Å²) >= 11 is 1.45. The molecule has 7 rings (SSSR count). The first-order chi connectivity index (χ1) is 23.5. The van der Waals surface area contributed by atoms with E-state index in [2.05, 4.69) is 21.8 Å². The molecule has 0 bridgehead atoms. The van der Waals surface area contributed by atoms with Crippen LogP contribution in [-0.2, 0) is 30.8 Å². The Balaban J connectivity index is 1.18. The molecule has 2 amide bonds. The standard InChI is InChI=1S/C38H45N3O6S2/c1-25-15-16-30-33(19-25)48-36(39-30)47-29-21-31-32(42)23-38(35(44)40-49(45,46)37(2)17-18-37)22-28(38)14-10-5-3-4-9-13-27(34(43)41(31)24-29)20-26-11-7-6-8-12-26/h6-8,10-12,14-16,19,27-29,31H,3-5,9,13,17-18,20-24H2,1-2H3,(H,40,44)/b14-10-/t27-,28+,29-,31+,38-/m1/s1. The first kappa shape index (κ1) is 33.9. The maximum atomic E-state index is 14.5. The van der Waals surface area contributed by atoms with E-state index in [9.17, 15) is 22.8 Å². The van der Waals surface area contributed by atoms with Gasteiger partial charge in [0.2, 0.25) is 21.8 Å². The van der Waals surface area contributed by atoms with Gasteiger partial charge in [0.1, 0.15) is 6.10 Å².